The van der Waals surface area contributed by atoms with Crippen molar-refractivity contribution in [3.8, 4) is 0 Å². The van der Waals surface area contributed by atoms with Crippen LogP contribution >= 0.6 is 12.2 Å². The first-order chi connectivity index (χ1) is 7.50. The minimum Gasteiger partial charge on any atom is -0.328 e. The summed E-state index contributed by atoms with van der Waals surface area (Å²) in [7, 11) is 6.06. The molecule has 88 valence electrons. The number of aromatic amines is 1. The number of hydrogen-bond donors (Lipinski definition) is 1. The van der Waals surface area contributed by atoms with Gasteiger partial charge in [0.25, 0.3) is 0 Å². The van der Waals surface area contributed by atoms with Gasteiger partial charge < -0.3 is 14.5 Å². The van der Waals surface area contributed by atoms with Crippen LogP contribution < -0.4 is 0 Å². The molecule has 0 amide bonds. The van der Waals surface area contributed by atoms with E-state index >= 15 is 0 Å². The van der Waals surface area contributed by atoms with E-state index in [0.29, 0.717) is 0 Å². The Morgan fingerprint density at radius 3 is 2.75 bits per heavy atom. The molecule has 0 spiro atoms. The lowest BCUT2D eigenvalue weighted by Gasteiger charge is -2.10. The van der Waals surface area contributed by atoms with Crippen LogP contribution in [0.4, 0.5) is 0 Å². The molecular weight excluding hydrogens is 222 g/mol. The van der Waals surface area contributed by atoms with Crippen molar-refractivity contribution in [2.45, 2.75) is 13.5 Å². The van der Waals surface area contributed by atoms with Crippen LogP contribution in [0.2, 0.25) is 0 Å². The van der Waals surface area contributed by atoms with E-state index in [-0.39, 0.29) is 0 Å². The number of aryl methyl sites for hydroxylation is 2. The van der Waals surface area contributed by atoms with Gasteiger partial charge in [-0.15, -0.1) is 0 Å². The molecule has 2 aromatic rings. The Kier molecular flexibility index (Phi) is 2.86. The quantitative estimate of drug-likeness (QED) is 0.821. The molecule has 2 rings (SSSR count). The van der Waals surface area contributed by atoms with Gasteiger partial charge in [-0.1, -0.05) is 0 Å². The molecule has 0 unspecified atom stereocenters. The Morgan fingerprint density at radius 2 is 2.12 bits per heavy atom. The van der Waals surface area contributed by atoms with Crippen molar-refractivity contribution in [2.24, 2.45) is 7.05 Å². The fraction of sp³-hybridized carbons (Fsp3) is 0.600. The predicted molar refractivity (Wildman–Crippen MR) is 67.2 cm³/mol. The van der Waals surface area contributed by atoms with Crippen LogP contribution in [0.25, 0.3) is 11.2 Å². The fourth-order valence-electron chi connectivity index (χ4n) is 1.88. The predicted octanol–water partition coefficient (Wildman–Crippen LogP) is 1.30. The highest BCUT2D eigenvalue weighted by Crippen LogP contribution is 2.16. The van der Waals surface area contributed by atoms with Crippen LogP contribution in [0.15, 0.2) is 0 Å². The van der Waals surface area contributed by atoms with Gasteiger partial charge in [-0.2, -0.15) is 5.10 Å². The summed E-state index contributed by atoms with van der Waals surface area (Å²) < 4.78 is 4.75. The highest BCUT2D eigenvalue weighted by Gasteiger charge is 2.12. The van der Waals surface area contributed by atoms with E-state index in [1.807, 2.05) is 18.7 Å². The smallest absolute Gasteiger partial charge is 0.179 e. The minimum atomic E-state index is 0.771. The first-order valence-electron chi connectivity index (χ1n) is 5.27. The van der Waals surface area contributed by atoms with Gasteiger partial charge in [0.1, 0.15) is 5.52 Å². The molecule has 0 atom stereocenters. The summed E-state index contributed by atoms with van der Waals surface area (Å²) in [5.74, 6) is 0. The molecular formula is C10H17N5S. The zero-order valence-electron chi connectivity index (χ0n) is 10.1. The van der Waals surface area contributed by atoms with E-state index in [1.165, 1.54) is 0 Å². The molecule has 0 saturated carbocycles. The largest absolute Gasteiger partial charge is 0.328 e. The number of imidazole rings is 1. The molecule has 2 aromatic heterocycles. The first-order valence-corrected chi connectivity index (χ1v) is 5.68. The number of hydrogen-bond acceptors (Lipinski definition) is 3. The van der Waals surface area contributed by atoms with E-state index in [4.69, 9.17) is 12.2 Å². The zero-order valence-corrected chi connectivity index (χ0v) is 10.9. The zero-order chi connectivity index (χ0) is 11.9. The third-order valence-electron chi connectivity index (χ3n) is 2.70. The normalized spacial score (nSPS) is 11.8. The number of fused-ring (bicyclic) bond motifs is 1. The molecule has 0 saturated heterocycles. The second-order valence-corrected chi connectivity index (χ2v) is 4.68. The fourth-order valence-corrected chi connectivity index (χ4v) is 2.16. The molecule has 0 bridgehead atoms. The van der Waals surface area contributed by atoms with Crippen molar-refractivity contribution >= 4 is 23.4 Å². The molecule has 0 aliphatic rings. The molecule has 0 radical (unpaired) electrons. The lowest BCUT2D eigenvalue weighted by atomic mass is 10.4. The summed E-state index contributed by atoms with van der Waals surface area (Å²) in [4.78, 5) is 5.36. The second-order valence-electron chi connectivity index (χ2n) is 4.29. The average Bonchev–Trinajstić information content (AvgIpc) is 2.63. The average molecular weight is 239 g/mol. The number of rotatable bonds is 3. The summed E-state index contributed by atoms with van der Waals surface area (Å²) in [6.45, 7) is 3.83. The Balaban J connectivity index is 2.51. The van der Waals surface area contributed by atoms with Gasteiger partial charge in [0, 0.05) is 20.1 Å². The lowest BCUT2D eigenvalue weighted by Crippen LogP contribution is -2.19. The number of nitrogens with one attached hydrogen (secondary N) is 1. The van der Waals surface area contributed by atoms with Crippen molar-refractivity contribution in [1.29, 1.82) is 0 Å². The van der Waals surface area contributed by atoms with Gasteiger partial charge in [0.05, 0.1) is 5.69 Å². The summed E-state index contributed by atoms with van der Waals surface area (Å²) in [5.41, 5.74) is 3.11. The van der Waals surface area contributed by atoms with Gasteiger partial charge in [-0.25, -0.2) is 0 Å². The van der Waals surface area contributed by atoms with E-state index in [0.717, 1.165) is 34.7 Å². The van der Waals surface area contributed by atoms with Gasteiger partial charge in [0.2, 0.25) is 0 Å². The van der Waals surface area contributed by atoms with Crippen LogP contribution in [0, 0.1) is 11.7 Å². The van der Waals surface area contributed by atoms with Gasteiger partial charge in [-0.05, 0) is 33.2 Å². The van der Waals surface area contributed by atoms with Crippen LogP contribution in [0.3, 0.4) is 0 Å². The second kappa shape index (κ2) is 4.03. The first kappa shape index (κ1) is 11.3. The van der Waals surface area contributed by atoms with E-state index in [2.05, 4.69) is 33.6 Å². The maximum atomic E-state index is 5.33. The maximum absolute atomic E-state index is 5.33. The van der Waals surface area contributed by atoms with Gasteiger partial charge >= 0.3 is 0 Å². The molecule has 5 nitrogen and oxygen atoms in total. The van der Waals surface area contributed by atoms with Crippen molar-refractivity contribution in [2.75, 3.05) is 20.6 Å². The Morgan fingerprint density at radius 1 is 1.44 bits per heavy atom. The van der Waals surface area contributed by atoms with Crippen molar-refractivity contribution in [3.05, 3.63) is 10.5 Å². The van der Waals surface area contributed by atoms with Gasteiger partial charge in [-0.3, -0.25) is 4.68 Å². The molecule has 0 aliphatic carbocycles. The van der Waals surface area contributed by atoms with Crippen molar-refractivity contribution < 1.29 is 0 Å². The Bertz CT molecular complexity index is 560. The number of nitrogens with zero attached hydrogens (tertiary/aromatic N) is 4. The molecule has 16 heavy (non-hydrogen) atoms. The minimum absolute atomic E-state index is 0.771. The lowest BCUT2D eigenvalue weighted by molar-refractivity contribution is 0.384. The topological polar surface area (TPSA) is 41.8 Å². The van der Waals surface area contributed by atoms with E-state index in [9.17, 15) is 0 Å². The SMILES string of the molecule is Cc1nn(C)c2c1[nH]c(=S)n2CCN(C)C. The molecule has 0 aromatic carbocycles. The highest BCUT2D eigenvalue weighted by atomic mass is 32.1. The standard InChI is InChI=1S/C10H17N5S/c1-7-8-9(14(4)12-7)15(10(16)11-8)6-5-13(2)3/h5-6H2,1-4H3,(H,11,16). The summed E-state index contributed by atoms with van der Waals surface area (Å²) in [5, 5.41) is 4.38. The van der Waals surface area contributed by atoms with Crippen LogP contribution in [-0.4, -0.2) is 44.9 Å². The highest BCUT2D eigenvalue weighted by molar-refractivity contribution is 7.71. The third kappa shape index (κ3) is 1.78. The van der Waals surface area contributed by atoms with Crippen LogP contribution in [0.1, 0.15) is 5.69 Å². The van der Waals surface area contributed by atoms with Crippen LogP contribution in [-0.2, 0) is 13.6 Å². The third-order valence-corrected chi connectivity index (χ3v) is 3.02. The van der Waals surface area contributed by atoms with E-state index < -0.39 is 0 Å². The van der Waals surface area contributed by atoms with Gasteiger partial charge in [0.15, 0.2) is 10.4 Å². The summed E-state index contributed by atoms with van der Waals surface area (Å²) in [6.07, 6.45) is 0. The number of H-pyrrole nitrogens is 1. The molecule has 2 heterocycles. The molecule has 1 N–H and O–H groups in total. The molecule has 0 aliphatic heterocycles. The molecule has 6 heteroatoms. The number of likely N-dealkylation sites (N-methyl/N-ethyl adjacent to an activating group) is 1. The monoisotopic (exact) mass is 239 g/mol. The maximum Gasteiger partial charge on any atom is 0.179 e. The summed E-state index contributed by atoms with van der Waals surface area (Å²) >= 11 is 5.33. The van der Waals surface area contributed by atoms with Crippen molar-refractivity contribution in [3.63, 3.8) is 0 Å². The summed E-state index contributed by atoms with van der Waals surface area (Å²) in [6, 6.07) is 0. The Hall–Kier alpha value is -1.14. The van der Waals surface area contributed by atoms with Crippen molar-refractivity contribution in [1.82, 2.24) is 24.2 Å². The van der Waals surface area contributed by atoms with E-state index in [1.54, 1.807) is 0 Å². The Labute approximate surface area is 99.7 Å². The molecule has 0 fully saturated rings. The number of aromatic nitrogens is 4. The van der Waals surface area contributed by atoms with Crippen LogP contribution in [0.5, 0.6) is 0 Å².